The lowest BCUT2D eigenvalue weighted by atomic mass is 10.0. The van der Waals surface area contributed by atoms with Crippen LogP contribution in [-0.2, 0) is 0 Å². The number of nitrogens with zero attached hydrogens (tertiary/aromatic N) is 4. The van der Waals surface area contributed by atoms with Crippen molar-refractivity contribution in [2.45, 2.75) is 6.92 Å². The number of allylic oxidation sites excluding steroid dienone is 2. The fraction of sp³-hybridized carbons (Fsp3) is 0.0137. The van der Waals surface area contributed by atoms with Crippen LogP contribution in [0.1, 0.15) is 10.4 Å². The maximum Gasteiger partial charge on any atom is 0.0548 e. The van der Waals surface area contributed by atoms with Crippen molar-refractivity contribution < 1.29 is 0 Å². The molecule has 79 heavy (non-hydrogen) atoms. The van der Waals surface area contributed by atoms with Gasteiger partial charge in [0.15, 0.2) is 0 Å². The number of fused-ring (bicyclic) bond motifs is 16. The molecule has 0 aliphatic heterocycles. The standard InChI is InChI=1S/C73H46N4S2/c1-3-4-24-70-44(2)56-38-49(34-36-72(56)78-70)76-64-22-12-7-17-53(64)59-40-66-57(42-68(59)76)51-15-5-10-20-62(51)74(66)47-30-26-45(27-31-47)46-28-32-48(33-29-46)75-63-21-11-6-16-52(63)58-43-69-60(41-67(58)75)54-18-8-13-23-65(54)77(69)50-35-37-73-61(39-50)55-19-9-14-25-71(55)79-73/h3-43H,1H2,2H3/b24-4-. The number of aromatic nitrogens is 4. The molecule has 0 atom stereocenters. The molecule has 0 spiro atoms. The molecule has 0 unspecified atom stereocenters. The van der Waals surface area contributed by atoms with Crippen molar-refractivity contribution in [1.82, 2.24) is 18.3 Å². The van der Waals surface area contributed by atoms with Gasteiger partial charge in [-0.25, -0.2) is 0 Å². The third kappa shape index (κ3) is 6.47. The van der Waals surface area contributed by atoms with Gasteiger partial charge < -0.3 is 18.3 Å². The highest BCUT2D eigenvalue weighted by molar-refractivity contribution is 7.25. The second-order valence-corrected chi connectivity index (χ2v) is 23.1. The zero-order valence-corrected chi connectivity index (χ0v) is 44.6. The Bertz CT molecular complexity index is 5450. The summed E-state index contributed by atoms with van der Waals surface area (Å²) in [6.07, 6.45) is 6.04. The first-order chi connectivity index (χ1) is 39.0. The van der Waals surface area contributed by atoms with E-state index in [9.17, 15) is 0 Å². The van der Waals surface area contributed by atoms with Crippen molar-refractivity contribution in [1.29, 1.82) is 0 Å². The highest BCUT2D eigenvalue weighted by Crippen LogP contribution is 2.44. The molecular formula is C73H46N4S2. The molecule has 11 aromatic carbocycles. The fourth-order valence-electron chi connectivity index (χ4n) is 13.1. The lowest BCUT2D eigenvalue weighted by Crippen LogP contribution is -1.95. The van der Waals surface area contributed by atoms with Crippen molar-refractivity contribution in [2.75, 3.05) is 0 Å². The number of hydrogen-bond acceptors (Lipinski definition) is 2. The molecule has 6 heteroatoms. The largest absolute Gasteiger partial charge is 0.309 e. The van der Waals surface area contributed by atoms with E-state index in [-0.39, 0.29) is 0 Å². The van der Waals surface area contributed by atoms with Gasteiger partial charge in [0.1, 0.15) is 0 Å². The number of aryl methyl sites for hydroxylation is 1. The van der Waals surface area contributed by atoms with Gasteiger partial charge in [-0.05, 0) is 150 Å². The Morgan fingerprint density at radius 2 is 0.658 bits per heavy atom. The fourth-order valence-corrected chi connectivity index (χ4v) is 15.3. The van der Waals surface area contributed by atoms with Gasteiger partial charge in [0.25, 0.3) is 0 Å². The van der Waals surface area contributed by atoms with Crippen LogP contribution in [0, 0.1) is 6.92 Å². The van der Waals surface area contributed by atoms with E-state index in [0.29, 0.717) is 0 Å². The van der Waals surface area contributed by atoms with Gasteiger partial charge in [-0.3, -0.25) is 0 Å². The third-order valence-corrected chi connectivity index (χ3v) is 19.1. The minimum Gasteiger partial charge on any atom is -0.309 e. The van der Waals surface area contributed by atoms with Crippen molar-refractivity contribution >= 4 is 146 Å². The smallest absolute Gasteiger partial charge is 0.0548 e. The zero-order valence-electron chi connectivity index (χ0n) is 43.0. The van der Waals surface area contributed by atoms with Crippen molar-refractivity contribution in [3.8, 4) is 33.9 Å². The minimum absolute atomic E-state index is 1.13. The van der Waals surface area contributed by atoms with E-state index in [2.05, 4.69) is 268 Å². The first-order valence-corrected chi connectivity index (χ1v) is 28.6. The Morgan fingerprint density at radius 1 is 0.304 bits per heavy atom. The predicted octanol–water partition coefficient (Wildman–Crippen LogP) is 20.8. The Kier molecular flexibility index (Phi) is 9.49. The van der Waals surface area contributed by atoms with Crippen LogP contribution in [0.4, 0.5) is 0 Å². The summed E-state index contributed by atoms with van der Waals surface area (Å²) in [4.78, 5) is 1.27. The number of hydrogen-bond donors (Lipinski definition) is 0. The van der Waals surface area contributed by atoms with Gasteiger partial charge >= 0.3 is 0 Å². The van der Waals surface area contributed by atoms with E-state index < -0.39 is 0 Å². The molecular weight excluding hydrogens is 997 g/mol. The molecule has 17 rings (SSSR count). The average Bonchev–Trinajstić information content (AvgIpc) is 4.15. The van der Waals surface area contributed by atoms with E-state index in [0.717, 1.165) is 11.4 Å². The molecule has 370 valence electrons. The second-order valence-electron chi connectivity index (χ2n) is 20.9. The van der Waals surface area contributed by atoms with E-state index >= 15 is 0 Å². The molecule has 0 aliphatic rings. The first-order valence-electron chi connectivity index (χ1n) is 26.9. The molecule has 0 fully saturated rings. The summed E-state index contributed by atoms with van der Waals surface area (Å²) in [6.45, 7) is 6.13. The highest BCUT2D eigenvalue weighted by Gasteiger charge is 2.22. The van der Waals surface area contributed by atoms with Gasteiger partial charge in [0.05, 0.1) is 44.1 Å². The van der Waals surface area contributed by atoms with Gasteiger partial charge in [0, 0.05) is 95.6 Å². The summed E-state index contributed by atoms with van der Waals surface area (Å²) in [7, 11) is 0. The van der Waals surface area contributed by atoms with Crippen molar-refractivity contribution in [3.63, 3.8) is 0 Å². The Labute approximate surface area is 462 Å². The summed E-state index contributed by atoms with van der Waals surface area (Å²) in [5.41, 5.74) is 17.9. The van der Waals surface area contributed by atoms with E-state index in [1.807, 2.05) is 34.8 Å². The van der Waals surface area contributed by atoms with Crippen LogP contribution in [0.25, 0.3) is 157 Å². The molecule has 0 saturated heterocycles. The average molecular weight is 1040 g/mol. The van der Waals surface area contributed by atoms with Gasteiger partial charge in [-0.15, -0.1) is 22.7 Å². The Balaban J connectivity index is 0.758. The summed E-state index contributed by atoms with van der Waals surface area (Å²) in [6, 6.07) is 86.1. The van der Waals surface area contributed by atoms with Crippen molar-refractivity contribution in [2.24, 2.45) is 0 Å². The monoisotopic (exact) mass is 1040 g/mol. The molecule has 0 saturated carbocycles. The Hall–Kier alpha value is -9.72. The van der Waals surface area contributed by atoms with E-state index in [1.54, 1.807) is 0 Å². The minimum atomic E-state index is 1.13. The van der Waals surface area contributed by atoms with Crippen LogP contribution in [-0.4, -0.2) is 18.3 Å². The molecule has 0 amide bonds. The second kappa shape index (κ2) is 16.9. The molecule has 0 bridgehead atoms. The summed E-state index contributed by atoms with van der Waals surface area (Å²) >= 11 is 3.70. The molecule has 0 N–H and O–H groups in total. The highest BCUT2D eigenvalue weighted by atomic mass is 32.1. The number of thiophene rings is 2. The molecule has 6 aromatic heterocycles. The van der Waals surface area contributed by atoms with Crippen molar-refractivity contribution in [3.05, 3.63) is 260 Å². The molecule has 17 aromatic rings. The number of para-hydroxylation sites is 4. The van der Waals surface area contributed by atoms with Crippen LogP contribution < -0.4 is 0 Å². The van der Waals surface area contributed by atoms with Crippen LogP contribution in [0.2, 0.25) is 0 Å². The topological polar surface area (TPSA) is 19.7 Å². The molecule has 0 radical (unpaired) electrons. The molecule has 4 nitrogen and oxygen atoms in total. The van der Waals surface area contributed by atoms with Crippen LogP contribution >= 0.6 is 22.7 Å². The Morgan fingerprint density at radius 3 is 1.10 bits per heavy atom. The third-order valence-electron chi connectivity index (χ3n) is 16.7. The zero-order chi connectivity index (χ0) is 52.0. The number of rotatable bonds is 7. The van der Waals surface area contributed by atoms with Gasteiger partial charge in [0.2, 0.25) is 0 Å². The summed E-state index contributed by atoms with van der Waals surface area (Å²) in [5, 5.41) is 13.8. The predicted molar refractivity (Wildman–Crippen MR) is 341 cm³/mol. The van der Waals surface area contributed by atoms with Gasteiger partial charge in [-0.1, -0.05) is 134 Å². The van der Waals surface area contributed by atoms with E-state index in [4.69, 9.17) is 0 Å². The lowest BCUT2D eigenvalue weighted by molar-refractivity contribution is 1.17. The molecule has 6 heterocycles. The molecule has 0 aliphatic carbocycles. The number of benzene rings is 11. The van der Waals surface area contributed by atoms with E-state index in [1.165, 1.54) is 150 Å². The normalized spacial score (nSPS) is 12.4. The van der Waals surface area contributed by atoms with Crippen LogP contribution in [0.3, 0.4) is 0 Å². The first kappa shape index (κ1) is 44.4. The van der Waals surface area contributed by atoms with Crippen LogP contribution in [0.5, 0.6) is 0 Å². The maximum absolute atomic E-state index is 3.90. The summed E-state index contributed by atoms with van der Waals surface area (Å²) < 4.78 is 13.7. The quantitative estimate of drug-likeness (QED) is 0.142. The van der Waals surface area contributed by atoms with Gasteiger partial charge in [-0.2, -0.15) is 0 Å². The SMILES string of the molecule is C=C/C=C\c1sc2ccc(-n3c4ccccc4c4cc5c(cc43)c3ccccc3n5-c3ccc(-c4ccc(-n5c6ccccc6c6cc7c(cc65)c5ccccc5n7-c5ccc6sc7ccccc7c6c5)cc4)cc3)cc2c1C. The lowest BCUT2D eigenvalue weighted by Gasteiger charge is -2.12. The maximum atomic E-state index is 3.90. The van der Waals surface area contributed by atoms with Crippen LogP contribution in [0.15, 0.2) is 249 Å². The summed E-state index contributed by atoms with van der Waals surface area (Å²) in [5.74, 6) is 0.